The minimum atomic E-state index is -0.363. The first kappa shape index (κ1) is 13.9. The average molecular weight is 287 g/mol. The fourth-order valence-electron chi connectivity index (χ4n) is 2.73. The maximum Gasteiger partial charge on any atom is 0.318 e. The van der Waals surface area contributed by atoms with Crippen LogP contribution in [0, 0.1) is 0 Å². The maximum atomic E-state index is 12.7. The third-order valence-electron chi connectivity index (χ3n) is 4.17. The zero-order valence-electron chi connectivity index (χ0n) is 12.3. The van der Waals surface area contributed by atoms with Gasteiger partial charge in [-0.2, -0.15) is 0 Å². The molecule has 0 bridgehead atoms. The minimum Gasteiger partial charge on any atom is -0.335 e. The number of hydrogen-bond acceptors (Lipinski definition) is 2. The Morgan fingerprint density at radius 3 is 2.62 bits per heavy atom. The summed E-state index contributed by atoms with van der Waals surface area (Å²) in [6.45, 7) is 0.720. The van der Waals surface area contributed by atoms with Gasteiger partial charge in [-0.3, -0.25) is 4.79 Å². The molecule has 1 N–H and O–H groups in total. The van der Waals surface area contributed by atoms with Gasteiger partial charge in [0, 0.05) is 25.3 Å². The number of rotatable bonds is 3. The highest BCUT2D eigenvalue weighted by Gasteiger charge is 2.35. The minimum absolute atomic E-state index is 0.0147. The number of nitrogens with one attached hydrogen (secondary N) is 1. The number of para-hydroxylation sites is 1. The van der Waals surface area contributed by atoms with Crippen molar-refractivity contribution in [3.05, 3.63) is 30.3 Å². The molecule has 0 spiro atoms. The Morgan fingerprint density at radius 1 is 1.24 bits per heavy atom. The SMILES string of the molecule is CN(C(=O)NC1CC1)[C@@H]1CCCN(c2ccccc2)C1=O. The molecular formula is C16H21N3O2. The summed E-state index contributed by atoms with van der Waals surface area (Å²) in [6, 6.07) is 9.47. The molecule has 1 aromatic carbocycles. The molecule has 21 heavy (non-hydrogen) atoms. The zero-order chi connectivity index (χ0) is 14.8. The third-order valence-corrected chi connectivity index (χ3v) is 4.17. The van der Waals surface area contributed by atoms with Crippen LogP contribution in [0.1, 0.15) is 25.7 Å². The predicted molar refractivity (Wildman–Crippen MR) is 81.1 cm³/mol. The lowest BCUT2D eigenvalue weighted by molar-refractivity contribution is -0.123. The van der Waals surface area contributed by atoms with Crippen molar-refractivity contribution in [2.45, 2.75) is 37.8 Å². The lowest BCUT2D eigenvalue weighted by Gasteiger charge is -2.36. The second kappa shape index (κ2) is 5.76. The summed E-state index contributed by atoms with van der Waals surface area (Å²) in [5.74, 6) is 0.0147. The molecular weight excluding hydrogens is 266 g/mol. The number of nitrogens with zero attached hydrogens (tertiary/aromatic N) is 2. The van der Waals surface area contributed by atoms with Gasteiger partial charge < -0.3 is 15.1 Å². The van der Waals surface area contributed by atoms with Crippen molar-refractivity contribution >= 4 is 17.6 Å². The molecule has 2 fully saturated rings. The second-order valence-electron chi connectivity index (χ2n) is 5.82. The van der Waals surface area contributed by atoms with Gasteiger partial charge in [0.05, 0.1) is 0 Å². The van der Waals surface area contributed by atoms with E-state index in [1.807, 2.05) is 30.3 Å². The van der Waals surface area contributed by atoms with Gasteiger partial charge in [-0.05, 0) is 37.8 Å². The number of benzene rings is 1. The standard InChI is InChI=1S/C16H21N3O2/c1-18(16(21)17-12-9-10-12)14-8-5-11-19(15(14)20)13-6-3-2-4-7-13/h2-4,6-7,12,14H,5,8-11H2,1H3,(H,17,21)/t14-/m1/s1. The Labute approximate surface area is 124 Å². The first-order valence-electron chi connectivity index (χ1n) is 7.56. The van der Waals surface area contributed by atoms with Gasteiger partial charge in [-0.25, -0.2) is 4.79 Å². The van der Waals surface area contributed by atoms with Crippen molar-refractivity contribution in [3.63, 3.8) is 0 Å². The molecule has 112 valence electrons. The molecule has 0 radical (unpaired) electrons. The average Bonchev–Trinajstić information content (AvgIpc) is 3.31. The van der Waals surface area contributed by atoms with Crippen LogP contribution in [0.3, 0.4) is 0 Å². The molecule has 1 saturated heterocycles. The van der Waals surface area contributed by atoms with Crippen LogP contribution in [0.2, 0.25) is 0 Å². The monoisotopic (exact) mass is 287 g/mol. The Hall–Kier alpha value is -2.04. The fraction of sp³-hybridized carbons (Fsp3) is 0.500. The summed E-state index contributed by atoms with van der Waals surface area (Å²) >= 11 is 0. The number of carbonyl (C=O) groups is 2. The van der Waals surface area contributed by atoms with Crippen LogP contribution in [0.5, 0.6) is 0 Å². The van der Waals surface area contributed by atoms with E-state index in [1.54, 1.807) is 16.8 Å². The number of carbonyl (C=O) groups excluding carboxylic acids is 2. The van der Waals surface area contributed by atoms with E-state index in [4.69, 9.17) is 0 Å². The summed E-state index contributed by atoms with van der Waals surface area (Å²) in [5.41, 5.74) is 0.906. The maximum absolute atomic E-state index is 12.7. The number of hydrogen-bond donors (Lipinski definition) is 1. The van der Waals surface area contributed by atoms with Crippen molar-refractivity contribution in [1.29, 1.82) is 0 Å². The van der Waals surface area contributed by atoms with E-state index in [1.165, 1.54) is 0 Å². The molecule has 5 nitrogen and oxygen atoms in total. The first-order chi connectivity index (χ1) is 10.2. The highest BCUT2D eigenvalue weighted by Crippen LogP contribution is 2.24. The lowest BCUT2D eigenvalue weighted by Crippen LogP contribution is -2.55. The van der Waals surface area contributed by atoms with Crippen LogP contribution < -0.4 is 10.2 Å². The van der Waals surface area contributed by atoms with Gasteiger partial charge in [0.1, 0.15) is 6.04 Å². The summed E-state index contributed by atoms with van der Waals surface area (Å²) in [6.07, 6.45) is 3.74. The number of likely N-dealkylation sites (N-methyl/N-ethyl adjacent to an activating group) is 1. The highest BCUT2D eigenvalue weighted by atomic mass is 16.2. The van der Waals surface area contributed by atoms with E-state index in [-0.39, 0.29) is 18.0 Å². The molecule has 1 saturated carbocycles. The number of piperidine rings is 1. The summed E-state index contributed by atoms with van der Waals surface area (Å²) in [5, 5.41) is 2.94. The van der Waals surface area contributed by atoms with E-state index in [9.17, 15) is 9.59 Å². The van der Waals surface area contributed by atoms with Gasteiger partial charge >= 0.3 is 6.03 Å². The van der Waals surface area contributed by atoms with Crippen LogP contribution >= 0.6 is 0 Å². The van der Waals surface area contributed by atoms with Gasteiger partial charge in [0.25, 0.3) is 0 Å². The van der Waals surface area contributed by atoms with Crippen molar-refractivity contribution < 1.29 is 9.59 Å². The molecule has 3 rings (SSSR count). The van der Waals surface area contributed by atoms with Gasteiger partial charge in [0.15, 0.2) is 0 Å². The topological polar surface area (TPSA) is 52.7 Å². The van der Waals surface area contributed by atoms with Crippen molar-refractivity contribution in [2.75, 3.05) is 18.5 Å². The van der Waals surface area contributed by atoms with Gasteiger partial charge in [-0.1, -0.05) is 18.2 Å². The number of urea groups is 1. The van der Waals surface area contributed by atoms with Crippen LogP contribution in [-0.2, 0) is 4.79 Å². The molecule has 1 aliphatic heterocycles. The lowest BCUT2D eigenvalue weighted by atomic mass is 10.0. The van der Waals surface area contributed by atoms with E-state index >= 15 is 0 Å². The zero-order valence-corrected chi connectivity index (χ0v) is 12.3. The number of amides is 3. The molecule has 1 atom stereocenters. The molecule has 2 aliphatic rings. The van der Waals surface area contributed by atoms with E-state index in [2.05, 4.69) is 5.32 Å². The van der Waals surface area contributed by atoms with E-state index in [0.717, 1.165) is 37.9 Å². The van der Waals surface area contributed by atoms with Crippen LogP contribution in [-0.4, -0.2) is 42.5 Å². The van der Waals surface area contributed by atoms with Gasteiger partial charge in [-0.15, -0.1) is 0 Å². The normalized spacial score (nSPS) is 22.0. The van der Waals surface area contributed by atoms with Crippen molar-refractivity contribution in [2.24, 2.45) is 0 Å². The fourth-order valence-corrected chi connectivity index (χ4v) is 2.73. The Balaban J connectivity index is 1.70. The highest BCUT2D eigenvalue weighted by molar-refractivity contribution is 5.99. The largest absolute Gasteiger partial charge is 0.335 e. The second-order valence-corrected chi connectivity index (χ2v) is 5.82. The molecule has 3 amide bonds. The Morgan fingerprint density at radius 2 is 1.95 bits per heavy atom. The predicted octanol–water partition coefficient (Wildman–Crippen LogP) is 1.99. The first-order valence-corrected chi connectivity index (χ1v) is 7.56. The number of anilines is 1. The van der Waals surface area contributed by atoms with Gasteiger partial charge in [0.2, 0.25) is 5.91 Å². The Kier molecular flexibility index (Phi) is 3.82. The van der Waals surface area contributed by atoms with E-state index in [0.29, 0.717) is 6.04 Å². The summed E-state index contributed by atoms with van der Waals surface area (Å²) in [4.78, 5) is 28.2. The van der Waals surface area contributed by atoms with Crippen molar-refractivity contribution in [3.8, 4) is 0 Å². The van der Waals surface area contributed by atoms with E-state index < -0.39 is 0 Å². The molecule has 1 aromatic rings. The molecule has 1 aliphatic carbocycles. The van der Waals surface area contributed by atoms with Crippen LogP contribution in [0.25, 0.3) is 0 Å². The summed E-state index contributed by atoms with van der Waals surface area (Å²) < 4.78 is 0. The van der Waals surface area contributed by atoms with Crippen LogP contribution in [0.15, 0.2) is 30.3 Å². The molecule has 1 heterocycles. The van der Waals surface area contributed by atoms with Crippen LogP contribution in [0.4, 0.5) is 10.5 Å². The quantitative estimate of drug-likeness (QED) is 0.924. The smallest absolute Gasteiger partial charge is 0.318 e. The Bertz CT molecular complexity index is 528. The molecule has 0 unspecified atom stereocenters. The molecule has 0 aromatic heterocycles. The third kappa shape index (κ3) is 3.01. The van der Waals surface area contributed by atoms with Crippen molar-refractivity contribution in [1.82, 2.24) is 10.2 Å². The molecule has 5 heteroatoms. The summed E-state index contributed by atoms with van der Waals surface area (Å²) in [7, 11) is 1.72.